The summed E-state index contributed by atoms with van der Waals surface area (Å²) >= 11 is 0. The fraction of sp³-hybridized carbons (Fsp3) is 0.256. The van der Waals surface area contributed by atoms with Crippen LogP contribution in [0.5, 0.6) is 0 Å². The number of amides is 2. The van der Waals surface area contributed by atoms with E-state index in [-0.39, 0.29) is 52.1 Å². The molecule has 0 heterocycles. The van der Waals surface area contributed by atoms with E-state index in [0.717, 1.165) is 22.3 Å². The summed E-state index contributed by atoms with van der Waals surface area (Å²) < 4.78 is 21.6. The Balaban J connectivity index is 1.38. The predicted octanol–water partition coefficient (Wildman–Crippen LogP) is 5.56. The summed E-state index contributed by atoms with van der Waals surface area (Å²) in [6.07, 6.45) is -0.671. The van der Waals surface area contributed by atoms with E-state index in [2.05, 4.69) is 10.6 Å². The van der Waals surface area contributed by atoms with Gasteiger partial charge in [-0.1, -0.05) is 121 Å². The second kappa shape index (κ2) is 20.4. The molecule has 4 aromatic carbocycles. The van der Waals surface area contributed by atoms with Gasteiger partial charge in [0.05, 0.1) is 0 Å². The van der Waals surface area contributed by atoms with Crippen molar-refractivity contribution < 1.29 is 42.9 Å². The lowest BCUT2D eigenvalue weighted by Crippen LogP contribution is -2.52. The van der Waals surface area contributed by atoms with Crippen LogP contribution in [0, 0.1) is 0 Å². The highest BCUT2D eigenvalue weighted by Crippen LogP contribution is 2.11. The number of urea groups is 1. The maximum Gasteiger partial charge on any atom is 0.329 e. The molecule has 11 nitrogen and oxygen atoms in total. The summed E-state index contributed by atoms with van der Waals surface area (Å²) in [5.41, 5.74) is 3.05. The van der Waals surface area contributed by atoms with E-state index in [0.29, 0.717) is 0 Å². The number of rotatable bonds is 18. The topological polar surface area (TPSA) is 146 Å². The van der Waals surface area contributed by atoms with Crippen LogP contribution >= 0.6 is 0 Å². The van der Waals surface area contributed by atoms with E-state index in [1.807, 2.05) is 72.8 Å². The summed E-state index contributed by atoms with van der Waals surface area (Å²) in [7, 11) is 0. The molecule has 0 spiro atoms. The SMILES string of the molecule is O=C(N[C@@H](CCC(=O)OCc1ccccc1)C(=O)OCc1ccccc1)N[C@H](CCC(=O)OCc1ccccc1)C(=O)OCc1ccccc1. The zero-order chi connectivity index (χ0) is 35.4. The van der Waals surface area contributed by atoms with Crippen molar-refractivity contribution in [2.45, 2.75) is 64.2 Å². The molecule has 0 aliphatic rings. The third-order valence-corrected chi connectivity index (χ3v) is 7.39. The molecule has 0 aliphatic heterocycles. The Kier molecular flexibility index (Phi) is 15.0. The highest BCUT2D eigenvalue weighted by molar-refractivity contribution is 5.87. The number of carbonyl (C=O) groups is 5. The van der Waals surface area contributed by atoms with Crippen LogP contribution in [-0.4, -0.2) is 42.0 Å². The Bertz CT molecular complexity index is 1530. The molecule has 4 rings (SSSR count). The van der Waals surface area contributed by atoms with Gasteiger partial charge in [-0.05, 0) is 35.1 Å². The fourth-order valence-corrected chi connectivity index (χ4v) is 4.66. The summed E-state index contributed by atoms with van der Waals surface area (Å²) in [5, 5.41) is 5.04. The average molecular weight is 681 g/mol. The molecular formula is C39H40N2O9. The molecule has 0 aromatic heterocycles. The fourth-order valence-electron chi connectivity index (χ4n) is 4.66. The lowest BCUT2D eigenvalue weighted by atomic mass is 10.1. The minimum absolute atomic E-state index is 0.0528. The zero-order valence-electron chi connectivity index (χ0n) is 27.5. The smallest absolute Gasteiger partial charge is 0.329 e. The molecule has 50 heavy (non-hydrogen) atoms. The van der Waals surface area contributed by atoms with Gasteiger partial charge in [0.2, 0.25) is 0 Å². The van der Waals surface area contributed by atoms with Crippen LogP contribution < -0.4 is 10.6 Å². The maximum absolute atomic E-state index is 13.3. The number of hydrogen-bond acceptors (Lipinski definition) is 9. The van der Waals surface area contributed by atoms with Gasteiger partial charge in [0, 0.05) is 12.8 Å². The van der Waals surface area contributed by atoms with Gasteiger partial charge in [-0.2, -0.15) is 0 Å². The normalized spacial score (nSPS) is 11.7. The van der Waals surface area contributed by atoms with Crippen LogP contribution in [0.1, 0.15) is 47.9 Å². The van der Waals surface area contributed by atoms with E-state index in [1.165, 1.54) is 0 Å². The largest absolute Gasteiger partial charge is 0.461 e. The van der Waals surface area contributed by atoms with Gasteiger partial charge in [-0.15, -0.1) is 0 Å². The molecular weight excluding hydrogens is 640 g/mol. The van der Waals surface area contributed by atoms with E-state index < -0.39 is 42.0 Å². The molecule has 0 saturated carbocycles. The summed E-state index contributed by atoms with van der Waals surface area (Å²) in [6.45, 7) is -0.0105. The van der Waals surface area contributed by atoms with Crippen molar-refractivity contribution in [2.75, 3.05) is 0 Å². The number of benzene rings is 4. The molecule has 0 fully saturated rings. The van der Waals surface area contributed by atoms with Gasteiger partial charge >= 0.3 is 29.9 Å². The molecule has 4 aromatic rings. The van der Waals surface area contributed by atoms with E-state index in [4.69, 9.17) is 18.9 Å². The van der Waals surface area contributed by atoms with Crippen molar-refractivity contribution >= 4 is 29.9 Å². The molecule has 2 atom stereocenters. The summed E-state index contributed by atoms with van der Waals surface area (Å²) in [6, 6.07) is 32.7. The highest BCUT2D eigenvalue weighted by Gasteiger charge is 2.28. The second-order valence-electron chi connectivity index (χ2n) is 11.3. The van der Waals surface area contributed by atoms with Crippen molar-refractivity contribution in [3.63, 3.8) is 0 Å². The van der Waals surface area contributed by atoms with E-state index in [1.54, 1.807) is 48.5 Å². The molecule has 2 amide bonds. The Morgan fingerprint density at radius 1 is 0.420 bits per heavy atom. The standard InChI is InChI=1S/C39H40N2O9/c42-35(47-25-29-13-5-1-6-14-29)23-21-33(37(44)49-27-31-17-9-3-10-18-31)40-39(46)41-34(38(45)50-28-32-19-11-4-12-20-32)22-24-36(43)48-26-30-15-7-2-8-16-30/h1-20,33-34H,21-28H2,(H2,40,41,46)/t33-,34+. The number of hydrogen-bond donors (Lipinski definition) is 2. The summed E-state index contributed by atoms with van der Waals surface area (Å²) in [5.74, 6) is -2.72. The van der Waals surface area contributed by atoms with Crippen LogP contribution in [-0.2, 0) is 64.6 Å². The maximum atomic E-state index is 13.3. The van der Waals surface area contributed by atoms with Crippen LogP contribution in [0.15, 0.2) is 121 Å². The first-order valence-corrected chi connectivity index (χ1v) is 16.2. The Morgan fingerprint density at radius 2 is 0.700 bits per heavy atom. The lowest BCUT2D eigenvalue weighted by molar-refractivity contribution is -0.150. The van der Waals surface area contributed by atoms with Gasteiger partial charge < -0.3 is 29.6 Å². The van der Waals surface area contributed by atoms with Crippen molar-refractivity contribution in [1.29, 1.82) is 0 Å². The van der Waals surface area contributed by atoms with E-state index in [9.17, 15) is 24.0 Å². The van der Waals surface area contributed by atoms with Crippen molar-refractivity contribution in [1.82, 2.24) is 10.6 Å². The minimum atomic E-state index is -1.26. The monoisotopic (exact) mass is 680 g/mol. The third kappa shape index (κ3) is 13.6. The van der Waals surface area contributed by atoms with Crippen LogP contribution in [0.3, 0.4) is 0 Å². The number of esters is 4. The summed E-state index contributed by atoms with van der Waals surface area (Å²) in [4.78, 5) is 64.7. The van der Waals surface area contributed by atoms with Gasteiger partial charge in [-0.3, -0.25) is 9.59 Å². The second-order valence-corrected chi connectivity index (χ2v) is 11.3. The molecule has 0 aliphatic carbocycles. The van der Waals surface area contributed by atoms with Gasteiger partial charge in [0.1, 0.15) is 38.5 Å². The van der Waals surface area contributed by atoms with Crippen LogP contribution in [0.4, 0.5) is 4.79 Å². The van der Waals surface area contributed by atoms with Crippen molar-refractivity contribution in [2.24, 2.45) is 0 Å². The molecule has 0 unspecified atom stereocenters. The third-order valence-electron chi connectivity index (χ3n) is 7.39. The Hall–Kier alpha value is -5.97. The van der Waals surface area contributed by atoms with Crippen molar-refractivity contribution in [3.05, 3.63) is 144 Å². The first kappa shape index (κ1) is 36.9. The van der Waals surface area contributed by atoms with Crippen LogP contribution in [0.2, 0.25) is 0 Å². The number of nitrogens with one attached hydrogen (secondary N) is 2. The molecule has 260 valence electrons. The van der Waals surface area contributed by atoms with Crippen molar-refractivity contribution in [3.8, 4) is 0 Å². The van der Waals surface area contributed by atoms with Crippen LogP contribution in [0.25, 0.3) is 0 Å². The Labute approximate surface area is 290 Å². The minimum Gasteiger partial charge on any atom is -0.461 e. The van der Waals surface area contributed by atoms with Gasteiger partial charge in [-0.25, -0.2) is 14.4 Å². The molecule has 0 saturated heterocycles. The van der Waals surface area contributed by atoms with E-state index >= 15 is 0 Å². The Morgan fingerprint density at radius 3 is 1.00 bits per heavy atom. The quantitative estimate of drug-likeness (QED) is 0.102. The molecule has 11 heteroatoms. The van der Waals surface area contributed by atoms with Gasteiger partial charge in [0.25, 0.3) is 0 Å². The molecule has 0 radical (unpaired) electrons. The number of ether oxygens (including phenoxy) is 4. The zero-order valence-corrected chi connectivity index (χ0v) is 27.5. The predicted molar refractivity (Wildman–Crippen MR) is 183 cm³/mol. The average Bonchev–Trinajstić information content (AvgIpc) is 3.16. The molecule has 0 bridgehead atoms. The number of carbonyl (C=O) groups excluding carboxylic acids is 5. The first-order chi connectivity index (χ1) is 24.4. The lowest BCUT2D eigenvalue weighted by Gasteiger charge is -2.21. The molecule has 2 N–H and O–H groups in total. The first-order valence-electron chi connectivity index (χ1n) is 16.2. The highest BCUT2D eigenvalue weighted by atomic mass is 16.5. The van der Waals surface area contributed by atoms with Gasteiger partial charge in [0.15, 0.2) is 0 Å².